The number of aliphatic imine (C=N–C) groups is 1. The van der Waals surface area contributed by atoms with Gasteiger partial charge in [-0.3, -0.25) is 9.79 Å². The van der Waals surface area contributed by atoms with Crippen LogP contribution in [0.1, 0.15) is 96.5 Å². The van der Waals surface area contributed by atoms with Crippen molar-refractivity contribution in [2.75, 3.05) is 0 Å². The van der Waals surface area contributed by atoms with Gasteiger partial charge in [0.15, 0.2) is 0 Å². The van der Waals surface area contributed by atoms with E-state index in [4.69, 9.17) is 9.73 Å². The summed E-state index contributed by atoms with van der Waals surface area (Å²) in [4.78, 5) is 17.4. The lowest BCUT2D eigenvalue weighted by molar-refractivity contribution is -0.138. The number of hydrogen-bond acceptors (Lipinski definition) is 3. The first-order valence-electron chi connectivity index (χ1n) is 11.3. The summed E-state index contributed by atoms with van der Waals surface area (Å²) < 4.78 is 5.60. The minimum absolute atomic E-state index is 0.0667. The quantitative estimate of drug-likeness (QED) is 0.302. The van der Waals surface area contributed by atoms with Gasteiger partial charge in [0.1, 0.15) is 5.75 Å². The highest BCUT2D eigenvalue weighted by molar-refractivity contribution is 6.01. The fourth-order valence-corrected chi connectivity index (χ4v) is 4.29. The largest absolute Gasteiger partial charge is 0.426 e. The van der Waals surface area contributed by atoms with Crippen LogP contribution in [-0.2, 0) is 4.79 Å². The number of carbonyl (C=O) groups excluding carboxylic acids is 1. The van der Waals surface area contributed by atoms with Crippen molar-refractivity contribution in [3.8, 4) is 5.75 Å². The van der Waals surface area contributed by atoms with E-state index in [2.05, 4.69) is 26.0 Å². The minimum Gasteiger partial charge on any atom is -0.426 e. The average molecular weight is 382 g/mol. The summed E-state index contributed by atoms with van der Waals surface area (Å²) >= 11 is 0. The highest BCUT2D eigenvalue weighted by Gasteiger charge is 2.24. The van der Waals surface area contributed by atoms with E-state index in [0.717, 1.165) is 56.2 Å². The molecule has 152 valence electrons. The average Bonchev–Trinajstić information content (AvgIpc) is 3.23. The summed E-state index contributed by atoms with van der Waals surface area (Å²) in [5.74, 6) is 0.673. The van der Waals surface area contributed by atoms with Crippen molar-refractivity contribution in [3.05, 3.63) is 41.1 Å². The van der Waals surface area contributed by atoms with Gasteiger partial charge in [-0.25, -0.2) is 0 Å². The summed E-state index contributed by atoms with van der Waals surface area (Å²) in [6.07, 6.45) is 13.7. The summed E-state index contributed by atoms with van der Waals surface area (Å²) in [5.41, 5.74) is 5.05. The fraction of sp³-hybridized carbons (Fsp3) is 0.600. The van der Waals surface area contributed by atoms with Crippen LogP contribution in [0.4, 0.5) is 0 Å². The summed E-state index contributed by atoms with van der Waals surface area (Å²) in [7, 11) is 0. The van der Waals surface area contributed by atoms with Crippen LogP contribution in [-0.4, -0.2) is 11.7 Å². The number of rotatable bonds is 6. The third kappa shape index (κ3) is 5.80. The van der Waals surface area contributed by atoms with Crippen molar-refractivity contribution >= 4 is 11.7 Å². The third-order valence-corrected chi connectivity index (χ3v) is 6.06. The number of nitrogens with zero attached hydrogens (tertiary/aromatic N) is 1. The molecule has 0 aromatic heterocycles. The van der Waals surface area contributed by atoms with E-state index in [1.807, 2.05) is 12.1 Å². The fourth-order valence-electron chi connectivity index (χ4n) is 4.29. The van der Waals surface area contributed by atoms with Crippen molar-refractivity contribution in [1.29, 1.82) is 0 Å². The Morgan fingerprint density at radius 3 is 2.36 bits per heavy atom. The van der Waals surface area contributed by atoms with E-state index in [-0.39, 0.29) is 11.9 Å². The van der Waals surface area contributed by atoms with Gasteiger partial charge in [0.25, 0.3) is 0 Å². The predicted octanol–water partition coefficient (Wildman–Crippen LogP) is 7.00. The lowest BCUT2D eigenvalue weighted by Crippen LogP contribution is -2.17. The van der Waals surface area contributed by atoms with Gasteiger partial charge in [0.05, 0.1) is 5.92 Å². The Labute approximate surface area is 170 Å². The molecule has 0 heterocycles. The van der Waals surface area contributed by atoms with Crippen molar-refractivity contribution in [1.82, 2.24) is 0 Å². The molecule has 0 aliphatic heterocycles. The molecule has 1 saturated carbocycles. The highest BCUT2D eigenvalue weighted by atomic mass is 16.5. The van der Waals surface area contributed by atoms with Gasteiger partial charge < -0.3 is 4.74 Å². The van der Waals surface area contributed by atoms with Crippen LogP contribution in [0.5, 0.6) is 5.75 Å². The van der Waals surface area contributed by atoms with E-state index in [0.29, 0.717) is 5.75 Å². The van der Waals surface area contributed by atoms with Crippen LogP contribution in [0.25, 0.3) is 0 Å². The van der Waals surface area contributed by atoms with Crippen LogP contribution in [0.15, 0.2) is 40.5 Å². The van der Waals surface area contributed by atoms with E-state index in [9.17, 15) is 4.79 Å². The Balaban J connectivity index is 1.74. The second kappa shape index (κ2) is 10.6. The molecule has 0 radical (unpaired) electrons. The standard InChI is InChI=1S/C25H35NO2/c1-3-10-24(26-23-14-7-5-4-6-11-19(23)2)20-15-17-22(18-16-20)28-25(27)21-12-8-9-13-21/h15-18,21H,3-14H2,1-2H3/b23-19+,26-24?. The smallest absolute Gasteiger partial charge is 0.314 e. The molecule has 2 aliphatic carbocycles. The van der Waals surface area contributed by atoms with E-state index in [1.54, 1.807) is 0 Å². The Bertz CT molecular complexity index is 709. The molecule has 0 amide bonds. The maximum Gasteiger partial charge on any atom is 0.314 e. The summed E-state index contributed by atoms with van der Waals surface area (Å²) in [6.45, 7) is 4.45. The van der Waals surface area contributed by atoms with Crippen molar-refractivity contribution in [2.24, 2.45) is 10.9 Å². The lowest BCUT2D eigenvalue weighted by Gasteiger charge is -2.15. The lowest BCUT2D eigenvalue weighted by atomic mass is 9.98. The van der Waals surface area contributed by atoms with E-state index < -0.39 is 0 Å². The van der Waals surface area contributed by atoms with Gasteiger partial charge in [-0.1, -0.05) is 44.6 Å². The van der Waals surface area contributed by atoms with Crippen LogP contribution < -0.4 is 4.74 Å². The molecule has 0 atom stereocenters. The molecular weight excluding hydrogens is 346 g/mol. The van der Waals surface area contributed by atoms with Gasteiger partial charge in [-0.15, -0.1) is 0 Å². The summed E-state index contributed by atoms with van der Waals surface area (Å²) in [6, 6.07) is 7.97. The second-order valence-corrected chi connectivity index (χ2v) is 8.38. The maximum atomic E-state index is 12.2. The zero-order valence-electron chi connectivity index (χ0n) is 17.6. The Morgan fingerprint density at radius 1 is 1.00 bits per heavy atom. The Hall–Kier alpha value is -1.90. The minimum atomic E-state index is -0.0667. The van der Waals surface area contributed by atoms with E-state index >= 15 is 0 Å². The maximum absolute atomic E-state index is 12.2. The van der Waals surface area contributed by atoms with Crippen LogP contribution in [0, 0.1) is 5.92 Å². The van der Waals surface area contributed by atoms with Crippen molar-refractivity contribution in [2.45, 2.75) is 90.9 Å². The molecule has 1 aromatic carbocycles. The Kier molecular flexibility index (Phi) is 7.88. The second-order valence-electron chi connectivity index (χ2n) is 8.38. The van der Waals surface area contributed by atoms with Crippen LogP contribution in [0.3, 0.4) is 0 Å². The molecule has 2 aliphatic rings. The van der Waals surface area contributed by atoms with Crippen molar-refractivity contribution in [3.63, 3.8) is 0 Å². The molecule has 1 aromatic rings. The number of ether oxygens (including phenoxy) is 1. The third-order valence-electron chi connectivity index (χ3n) is 6.06. The molecule has 3 rings (SSSR count). The first kappa shape index (κ1) is 20.8. The van der Waals surface area contributed by atoms with Gasteiger partial charge in [0, 0.05) is 11.4 Å². The molecule has 0 N–H and O–H groups in total. The number of benzene rings is 1. The van der Waals surface area contributed by atoms with Gasteiger partial charge >= 0.3 is 5.97 Å². The summed E-state index contributed by atoms with van der Waals surface area (Å²) in [5, 5.41) is 0. The van der Waals surface area contributed by atoms with Gasteiger partial charge in [-0.05, 0) is 81.7 Å². The monoisotopic (exact) mass is 381 g/mol. The first-order valence-corrected chi connectivity index (χ1v) is 11.3. The first-order chi connectivity index (χ1) is 13.7. The molecule has 3 heteroatoms. The molecule has 0 unspecified atom stereocenters. The zero-order valence-corrected chi connectivity index (χ0v) is 17.6. The molecule has 1 fully saturated rings. The van der Waals surface area contributed by atoms with Crippen LogP contribution >= 0.6 is 0 Å². The molecule has 0 spiro atoms. The van der Waals surface area contributed by atoms with E-state index in [1.165, 1.54) is 43.4 Å². The zero-order chi connectivity index (χ0) is 19.8. The molecule has 28 heavy (non-hydrogen) atoms. The predicted molar refractivity (Wildman–Crippen MR) is 116 cm³/mol. The number of hydrogen-bond donors (Lipinski definition) is 0. The molecule has 0 bridgehead atoms. The number of esters is 1. The van der Waals surface area contributed by atoms with Gasteiger partial charge in [0.2, 0.25) is 0 Å². The normalized spacial score (nSPS) is 22.0. The van der Waals surface area contributed by atoms with Gasteiger partial charge in [-0.2, -0.15) is 0 Å². The number of carbonyl (C=O) groups is 1. The topological polar surface area (TPSA) is 38.7 Å². The van der Waals surface area contributed by atoms with Crippen LogP contribution in [0.2, 0.25) is 0 Å². The molecule has 3 nitrogen and oxygen atoms in total. The number of allylic oxidation sites excluding steroid dienone is 2. The highest BCUT2D eigenvalue weighted by Crippen LogP contribution is 2.28. The SMILES string of the molecule is CCCC(=N/C1=C(\C)CCCCCC1)c1ccc(OC(=O)C2CCCC2)cc1. The molecule has 0 saturated heterocycles. The molecular formula is C25H35NO2. The Morgan fingerprint density at radius 2 is 1.68 bits per heavy atom. The van der Waals surface area contributed by atoms with Crippen molar-refractivity contribution < 1.29 is 9.53 Å².